The van der Waals surface area contributed by atoms with Gasteiger partial charge in [-0.2, -0.15) is 5.01 Å². The van der Waals surface area contributed by atoms with Crippen molar-refractivity contribution in [3.8, 4) is 0 Å². The van der Waals surface area contributed by atoms with Crippen LogP contribution in [0.3, 0.4) is 0 Å². The Morgan fingerprint density at radius 2 is 1.90 bits per heavy atom. The molecule has 1 aromatic carbocycles. The number of benzene rings is 1. The maximum atomic E-state index is 12.7. The number of esters is 1. The van der Waals surface area contributed by atoms with Gasteiger partial charge in [-0.15, -0.1) is 0 Å². The van der Waals surface area contributed by atoms with E-state index in [9.17, 15) is 19.2 Å². The van der Waals surface area contributed by atoms with Gasteiger partial charge in [-0.1, -0.05) is 30.3 Å². The number of imide groups is 1. The summed E-state index contributed by atoms with van der Waals surface area (Å²) in [5, 5.41) is 3.24. The van der Waals surface area contributed by atoms with E-state index in [-0.39, 0.29) is 6.42 Å². The first-order valence-corrected chi connectivity index (χ1v) is 9.55. The molecule has 1 aliphatic heterocycles. The van der Waals surface area contributed by atoms with Gasteiger partial charge in [0.05, 0.1) is 12.7 Å². The fourth-order valence-electron chi connectivity index (χ4n) is 3.05. The zero-order valence-corrected chi connectivity index (χ0v) is 16.6. The van der Waals surface area contributed by atoms with E-state index < -0.39 is 36.0 Å². The van der Waals surface area contributed by atoms with Gasteiger partial charge < -0.3 is 14.5 Å². The van der Waals surface area contributed by atoms with Crippen LogP contribution < -0.4 is 10.7 Å². The summed E-state index contributed by atoms with van der Waals surface area (Å²) in [7, 11) is 0. The van der Waals surface area contributed by atoms with Crippen LogP contribution in [0.2, 0.25) is 0 Å². The molecule has 0 spiro atoms. The van der Waals surface area contributed by atoms with Gasteiger partial charge >= 0.3 is 12.0 Å². The lowest BCUT2D eigenvalue weighted by Crippen LogP contribution is -2.50. The normalized spacial score (nSPS) is 18.2. The largest absolute Gasteiger partial charge is 0.469 e. The predicted octanol–water partition coefficient (Wildman–Crippen LogP) is 1.73. The highest BCUT2D eigenvalue weighted by Gasteiger charge is 2.48. The maximum absolute atomic E-state index is 12.7. The number of nitrogens with zero attached hydrogens (tertiary/aromatic N) is 1. The number of carbonyl (C=O) groups excluding carboxylic acids is 4. The molecule has 2 heterocycles. The van der Waals surface area contributed by atoms with E-state index in [0.717, 1.165) is 5.56 Å². The van der Waals surface area contributed by atoms with Crippen molar-refractivity contribution in [2.75, 3.05) is 6.61 Å². The Bertz CT molecular complexity index is 912. The minimum absolute atomic E-state index is 0.0431. The standard InChI is InChI=1S/C21H23N3O6/c1-21(12-11-15-6-3-2-4-7-15)19(27)24(20(28)22-21)23-17(25)14-30-18(26)10-9-16-8-5-13-29-16/h2-8,13H,9-12,14H2,1H3,(H,22,28)(H,23,25)/t21-/m1/s1. The molecule has 0 bridgehead atoms. The minimum Gasteiger partial charge on any atom is -0.469 e. The van der Waals surface area contributed by atoms with Crippen LogP contribution in [0.25, 0.3) is 0 Å². The van der Waals surface area contributed by atoms with Gasteiger partial charge in [0.25, 0.3) is 11.8 Å². The summed E-state index contributed by atoms with van der Waals surface area (Å²) >= 11 is 0. The fourth-order valence-corrected chi connectivity index (χ4v) is 3.05. The quantitative estimate of drug-likeness (QED) is 0.478. The average Bonchev–Trinajstić information content (AvgIpc) is 3.33. The molecule has 3 rings (SSSR count). The molecule has 1 atom stereocenters. The van der Waals surface area contributed by atoms with Crippen LogP contribution in [0.15, 0.2) is 53.1 Å². The first kappa shape index (κ1) is 21.1. The van der Waals surface area contributed by atoms with Crippen molar-refractivity contribution in [1.82, 2.24) is 15.8 Å². The number of urea groups is 1. The third-order valence-corrected chi connectivity index (χ3v) is 4.77. The Morgan fingerprint density at radius 1 is 1.13 bits per heavy atom. The van der Waals surface area contributed by atoms with Crippen molar-refractivity contribution >= 4 is 23.8 Å². The number of ether oxygens (including phenoxy) is 1. The molecule has 0 radical (unpaired) electrons. The molecule has 4 amide bonds. The summed E-state index contributed by atoms with van der Waals surface area (Å²) in [6.45, 7) is 1.01. The molecule has 1 aromatic heterocycles. The van der Waals surface area contributed by atoms with Crippen LogP contribution in [-0.4, -0.2) is 41.0 Å². The molecule has 9 nitrogen and oxygen atoms in total. The lowest BCUT2D eigenvalue weighted by Gasteiger charge is -2.21. The van der Waals surface area contributed by atoms with Crippen molar-refractivity contribution in [2.24, 2.45) is 0 Å². The van der Waals surface area contributed by atoms with Gasteiger partial charge in [0.1, 0.15) is 11.3 Å². The van der Waals surface area contributed by atoms with Crippen molar-refractivity contribution in [2.45, 2.75) is 38.1 Å². The molecule has 0 saturated carbocycles. The number of aryl methyl sites for hydroxylation is 2. The Hall–Kier alpha value is -3.62. The molecule has 30 heavy (non-hydrogen) atoms. The zero-order valence-electron chi connectivity index (χ0n) is 16.6. The number of amides is 4. The van der Waals surface area contributed by atoms with Gasteiger partial charge in [0.15, 0.2) is 6.61 Å². The Kier molecular flexibility index (Phi) is 6.51. The zero-order chi connectivity index (χ0) is 21.6. The van der Waals surface area contributed by atoms with Gasteiger partial charge in [-0.25, -0.2) is 4.79 Å². The van der Waals surface area contributed by atoms with Crippen LogP contribution >= 0.6 is 0 Å². The van der Waals surface area contributed by atoms with Crippen LogP contribution in [0.5, 0.6) is 0 Å². The third-order valence-electron chi connectivity index (χ3n) is 4.77. The molecule has 1 aliphatic rings. The SMILES string of the molecule is C[C@]1(CCc2ccccc2)NC(=O)N(NC(=O)COC(=O)CCc2ccco2)C1=O. The van der Waals surface area contributed by atoms with Gasteiger partial charge in [0, 0.05) is 6.42 Å². The number of hydrogen-bond acceptors (Lipinski definition) is 6. The Labute approximate surface area is 173 Å². The van der Waals surface area contributed by atoms with E-state index in [2.05, 4.69) is 10.7 Å². The summed E-state index contributed by atoms with van der Waals surface area (Å²) in [5.74, 6) is -1.31. The Morgan fingerprint density at radius 3 is 2.60 bits per heavy atom. The summed E-state index contributed by atoms with van der Waals surface area (Å²) in [6.07, 6.45) is 2.84. The highest BCUT2D eigenvalue weighted by molar-refractivity contribution is 6.07. The summed E-state index contributed by atoms with van der Waals surface area (Å²) in [4.78, 5) is 48.6. The highest BCUT2D eigenvalue weighted by Crippen LogP contribution is 2.22. The van der Waals surface area contributed by atoms with Gasteiger partial charge in [-0.05, 0) is 37.5 Å². The third kappa shape index (κ3) is 5.25. The van der Waals surface area contributed by atoms with Crippen LogP contribution in [-0.2, 0) is 32.0 Å². The van der Waals surface area contributed by atoms with Crippen molar-refractivity contribution in [3.05, 3.63) is 60.1 Å². The molecule has 9 heteroatoms. The Balaban J connectivity index is 1.45. The highest BCUT2D eigenvalue weighted by atomic mass is 16.5. The summed E-state index contributed by atoms with van der Waals surface area (Å²) in [6, 6.07) is 12.3. The average molecular weight is 413 g/mol. The number of carbonyl (C=O) groups is 4. The van der Waals surface area contributed by atoms with Crippen molar-refractivity contribution in [1.29, 1.82) is 0 Å². The molecule has 158 valence electrons. The van der Waals surface area contributed by atoms with E-state index in [1.165, 1.54) is 6.26 Å². The monoisotopic (exact) mass is 413 g/mol. The summed E-state index contributed by atoms with van der Waals surface area (Å²) < 4.78 is 9.99. The number of furan rings is 1. The lowest BCUT2D eigenvalue weighted by molar-refractivity contribution is -0.150. The molecule has 0 unspecified atom stereocenters. The summed E-state index contributed by atoms with van der Waals surface area (Å²) in [5.41, 5.74) is 2.09. The van der Waals surface area contributed by atoms with Crippen molar-refractivity contribution < 1.29 is 28.3 Å². The molecule has 2 aromatic rings. The fraction of sp³-hybridized carbons (Fsp3) is 0.333. The molecular weight excluding hydrogens is 390 g/mol. The molecule has 0 aliphatic carbocycles. The van der Waals surface area contributed by atoms with Crippen LogP contribution in [0, 0.1) is 0 Å². The van der Waals surface area contributed by atoms with E-state index in [4.69, 9.17) is 9.15 Å². The van der Waals surface area contributed by atoms with Crippen LogP contribution in [0.1, 0.15) is 31.1 Å². The number of rotatable bonds is 9. The second-order valence-electron chi connectivity index (χ2n) is 7.16. The molecular formula is C21H23N3O6. The second kappa shape index (κ2) is 9.25. The predicted molar refractivity (Wildman–Crippen MR) is 105 cm³/mol. The molecule has 1 fully saturated rings. The van der Waals surface area contributed by atoms with Crippen LogP contribution in [0.4, 0.5) is 4.79 Å². The van der Waals surface area contributed by atoms with Gasteiger partial charge in [0.2, 0.25) is 0 Å². The smallest absolute Gasteiger partial charge is 0.344 e. The van der Waals surface area contributed by atoms with E-state index >= 15 is 0 Å². The first-order chi connectivity index (χ1) is 14.4. The number of hydrogen-bond donors (Lipinski definition) is 2. The van der Waals surface area contributed by atoms with Gasteiger partial charge in [-0.3, -0.25) is 19.8 Å². The molecule has 1 saturated heterocycles. The van der Waals surface area contributed by atoms with Crippen molar-refractivity contribution in [3.63, 3.8) is 0 Å². The molecule has 2 N–H and O–H groups in total. The van der Waals surface area contributed by atoms with E-state index in [0.29, 0.717) is 30.0 Å². The maximum Gasteiger partial charge on any atom is 0.344 e. The van der Waals surface area contributed by atoms with E-state index in [1.54, 1.807) is 19.1 Å². The second-order valence-corrected chi connectivity index (χ2v) is 7.16. The lowest BCUT2D eigenvalue weighted by atomic mass is 9.93. The number of hydrazine groups is 1. The minimum atomic E-state index is -1.14. The first-order valence-electron chi connectivity index (χ1n) is 9.55. The number of nitrogens with one attached hydrogen (secondary N) is 2. The topological polar surface area (TPSA) is 118 Å². The van der Waals surface area contributed by atoms with E-state index in [1.807, 2.05) is 30.3 Å².